The molecule has 4 N–H and O–H groups in total. The molecule has 0 fully saturated rings. The molecule has 0 aliphatic rings. The normalized spacial score (nSPS) is 11.0. The summed E-state index contributed by atoms with van der Waals surface area (Å²) in [6.07, 6.45) is 1.57. The molecule has 0 spiro atoms. The number of pyridine rings is 1. The zero-order valence-corrected chi connectivity index (χ0v) is 14.8. The van der Waals surface area contributed by atoms with E-state index in [-0.39, 0.29) is 17.6 Å². The molecular weight excluding hydrogens is 387 g/mol. The van der Waals surface area contributed by atoms with Crippen LogP contribution in [0.4, 0.5) is 21.7 Å². The van der Waals surface area contributed by atoms with Crippen LogP contribution in [0.15, 0.2) is 52.5 Å². The highest BCUT2D eigenvalue weighted by atomic mass is 32.2. The van der Waals surface area contributed by atoms with E-state index in [1.54, 1.807) is 36.5 Å². The first-order chi connectivity index (χ1) is 13.5. The predicted molar refractivity (Wildman–Crippen MR) is 100 cm³/mol. The largest absolute Gasteiger partial charge is 0.378 e. The third-order valence-electron chi connectivity index (χ3n) is 3.75. The second-order valence-electron chi connectivity index (χ2n) is 5.52. The molecule has 28 heavy (non-hydrogen) atoms. The number of anilines is 2. The lowest BCUT2D eigenvalue weighted by atomic mass is 10.3. The van der Waals surface area contributed by atoms with E-state index in [1.807, 2.05) is 0 Å². The van der Waals surface area contributed by atoms with Crippen molar-refractivity contribution in [1.29, 1.82) is 0 Å². The lowest BCUT2D eigenvalue weighted by Gasteiger charge is -2.04. The van der Waals surface area contributed by atoms with Crippen LogP contribution in [-0.2, 0) is 0 Å². The fraction of sp³-hybridized carbons (Fsp3) is 0. The van der Waals surface area contributed by atoms with E-state index < -0.39 is 16.4 Å². The van der Waals surface area contributed by atoms with Gasteiger partial charge < -0.3 is 11.5 Å². The lowest BCUT2D eigenvalue weighted by molar-refractivity contribution is -0.383. The molecule has 140 valence electrons. The van der Waals surface area contributed by atoms with Crippen LogP contribution in [0.5, 0.6) is 0 Å². The van der Waals surface area contributed by atoms with Gasteiger partial charge >= 0.3 is 5.69 Å². The van der Waals surface area contributed by atoms with Crippen molar-refractivity contribution in [3.05, 3.63) is 58.5 Å². The number of nitro groups is 1. The molecule has 0 aliphatic heterocycles. The van der Waals surface area contributed by atoms with Crippen LogP contribution in [0.25, 0.3) is 17.0 Å². The van der Waals surface area contributed by atoms with Crippen molar-refractivity contribution >= 4 is 40.1 Å². The molecule has 0 bridgehead atoms. The SMILES string of the molecule is Nc1nc(-n2nc(Sc3ccccc3F)c3ncccc32)nc(N)c1[N+](=O)[O-]. The maximum Gasteiger partial charge on any atom is 0.352 e. The zero-order chi connectivity index (χ0) is 19.8. The summed E-state index contributed by atoms with van der Waals surface area (Å²) < 4.78 is 15.3. The van der Waals surface area contributed by atoms with E-state index in [9.17, 15) is 14.5 Å². The molecule has 0 radical (unpaired) electrons. The second kappa shape index (κ2) is 6.74. The zero-order valence-electron chi connectivity index (χ0n) is 14.0. The number of nitrogens with zero attached hydrogens (tertiary/aromatic N) is 6. The third kappa shape index (κ3) is 2.95. The fourth-order valence-electron chi connectivity index (χ4n) is 2.54. The summed E-state index contributed by atoms with van der Waals surface area (Å²) in [5.41, 5.74) is 11.8. The number of hydrogen-bond donors (Lipinski definition) is 2. The van der Waals surface area contributed by atoms with E-state index in [0.717, 1.165) is 11.8 Å². The van der Waals surface area contributed by atoms with Gasteiger partial charge in [0.1, 0.15) is 16.4 Å². The molecule has 0 amide bonds. The summed E-state index contributed by atoms with van der Waals surface area (Å²) in [5, 5.41) is 15.8. The van der Waals surface area contributed by atoms with Crippen molar-refractivity contribution in [2.75, 3.05) is 11.5 Å². The molecule has 10 nitrogen and oxygen atoms in total. The van der Waals surface area contributed by atoms with Gasteiger partial charge in [0.25, 0.3) is 5.95 Å². The molecule has 0 atom stereocenters. The summed E-state index contributed by atoms with van der Waals surface area (Å²) in [7, 11) is 0. The van der Waals surface area contributed by atoms with Gasteiger partial charge in [0, 0.05) is 11.1 Å². The van der Waals surface area contributed by atoms with Crippen LogP contribution in [0.2, 0.25) is 0 Å². The maximum absolute atomic E-state index is 14.0. The summed E-state index contributed by atoms with van der Waals surface area (Å²) in [4.78, 5) is 22.8. The Morgan fingerprint density at radius 3 is 2.50 bits per heavy atom. The summed E-state index contributed by atoms with van der Waals surface area (Å²) >= 11 is 1.08. The van der Waals surface area contributed by atoms with Crippen molar-refractivity contribution in [3.63, 3.8) is 0 Å². The first-order valence-corrected chi connectivity index (χ1v) is 8.61. The Balaban J connectivity index is 1.88. The number of nitrogens with two attached hydrogens (primary N) is 2. The van der Waals surface area contributed by atoms with Crippen molar-refractivity contribution < 1.29 is 9.31 Å². The molecule has 0 unspecified atom stereocenters. The van der Waals surface area contributed by atoms with Crippen LogP contribution < -0.4 is 11.5 Å². The number of rotatable bonds is 4. The fourth-order valence-corrected chi connectivity index (χ4v) is 3.43. The number of nitrogen functional groups attached to an aromatic ring is 2. The Morgan fingerprint density at radius 2 is 1.82 bits per heavy atom. The van der Waals surface area contributed by atoms with Gasteiger partial charge in [-0.2, -0.15) is 19.7 Å². The van der Waals surface area contributed by atoms with E-state index >= 15 is 0 Å². The molecule has 3 heterocycles. The molecule has 4 aromatic rings. The highest BCUT2D eigenvalue weighted by Crippen LogP contribution is 2.34. The minimum Gasteiger partial charge on any atom is -0.378 e. The first-order valence-electron chi connectivity index (χ1n) is 7.79. The van der Waals surface area contributed by atoms with Crippen molar-refractivity contribution in [2.24, 2.45) is 0 Å². The minimum atomic E-state index is -0.753. The van der Waals surface area contributed by atoms with Gasteiger partial charge in [-0.25, -0.2) is 4.39 Å². The van der Waals surface area contributed by atoms with Gasteiger partial charge in [-0.1, -0.05) is 23.9 Å². The van der Waals surface area contributed by atoms with Gasteiger partial charge in [0.05, 0.1) is 10.4 Å². The number of hydrogen-bond acceptors (Lipinski definition) is 9. The van der Waals surface area contributed by atoms with Gasteiger partial charge in [-0.05, 0) is 24.3 Å². The Hall–Kier alpha value is -3.80. The molecule has 0 saturated carbocycles. The van der Waals surface area contributed by atoms with Gasteiger partial charge in [0.15, 0.2) is 0 Å². The smallest absolute Gasteiger partial charge is 0.352 e. The molecule has 12 heteroatoms. The highest BCUT2D eigenvalue weighted by molar-refractivity contribution is 7.99. The van der Waals surface area contributed by atoms with Gasteiger partial charge in [-0.15, -0.1) is 0 Å². The Labute approximate surface area is 160 Å². The monoisotopic (exact) mass is 398 g/mol. The van der Waals surface area contributed by atoms with Crippen LogP contribution in [0, 0.1) is 15.9 Å². The first kappa shape index (κ1) is 17.6. The number of aromatic nitrogens is 5. The van der Waals surface area contributed by atoms with E-state index in [1.165, 1.54) is 10.7 Å². The molecule has 0 saturated heterocycles. The number of halogens is 1. The van der Waals surface area contributed by atoms with Crippen LogP contribution >= 0.6 is 11.8 Å². The number of benzene rings is 1. The lowest BCUT2D eigenvalue weighted by Crippen LogP contribution is -2.11. The van der Waals surface area contributed by atoms with Crippen LogP contribution in [0.3, 0.4) is 0 Å². The van der Waals surface area contributed by atoms with Crippen LogP contribution in [0.1, 0.15) is 0 Å². The Morgan fingerprint density at radius 1 is 1.11 bits per heavy atom. The number of fused-ring (bicyclic) bond motifs is 1. The van der Waals surface area contributed by atoms with E-state index in [0.29, 0.717) is 21.0 Å². The summed E-state index contributed by atoms with van der Waals surface area (Å²) in [6.45, 7) is 0. The molecular formula is C16H11FN8O2S. The average molecular weight is 398 g/mol. The highest BCUT2D eigenvalue weighted by Gasteiger charge is 2.23. The Kier molecular flexibility index (Phi) is 4.24. The second-order valence-corrected chi connectivity index (χ2v) is 6.55. The molecule has 4 rings (SSSR count). The third-order valence-corrected chi connectivity index (χ3v) is 4.77. The van der Waals surface area contributed by atoms with Crippen molar-refractivity contribution in [2.45, 2.75) is 9.92 Å². The minimum absolute atomic E-state index is 0.0565. The standard InChI is InChI=1S/C16H11FN8O2S/c17-8-4-1-2-6-10(8)28-15-11-9(5-3-7-20-11)24(23-15)16-21-13(18)12(25(26)27)14(19)22-16/h1-7H,(H4,18,19,21,22). The summed E-state index contributed by atoms with van der Waals surface area (Å²) in [6, 6.07) is 9.64. The van der Waals surface area contributed by atoms with E-state index in [2.05, 4.69) is 20.1 Å². The summed E-state index contributed by atoms with van der Waals surface area (Å²) in [5.74, 6) is -1.23. The quantitative estimate of drug-likeness (QED) is 0.390. The average Bonchev–Trinajstić information content (AvgIpc) is 3.01. The van der Waals surface area contributed by atoms with Gasteiger partial charge in [0.2, 0.25) is 11.6 Å². The van der Waals surface area contributed by atoms with Crippen LogP contribution in [-0.4, -0.2) is 29.7 Å². The Bertz CT molecular complexity index is 1210. The predicted octanol–water partition coefficient (Wildman–Crippen LogP) is 2.57. The molecule has 0 aliphatic carbocycles. The van der Waals surface area contributed by atoms with Crippen molar-refractivity contribution in [1.82, 2.24) is 24.7 Å². The van der Waals surface area contributed by atoms with Gasteiger partial charge in [-0.3, -0.25) is 15.1 Å². The molecule has 3 aromatic heterocycles. The topological polar surface area (TPSA) is 152 Å². The van der Waals surface area contributed by atoms with E-state index in [4.69, 9.17) is 11.5 Å². The maximum atomic E-state index is 14.0. The molecule has 1 aromatic carbocycles. The van der Waals surface area contributed by atoms with Crippen molar-refractivity contribution in [3.8, 4) is 5.95 Å².